The molecule has 0 saturated heterocycles. The largest absolute Gasteiger partial charge is 0.493 e. The smallest absolute Gasteiger partial charge is 0.328 e. The van der Waals surface area contributed by atoms with Crippen LogP contribution in [0.4, 0.5) is 0 Å². The van der Waals surface area contributed by atoms with Crippen molar-refractivity contribution in [2.24, 2.45) is 0 Å². The van der Waals surface area contributed by atoms with Crippen LogP contribution in [0.2, 0.25) is 0 Å². The van der Waals surface area contributed by atoms with Gasteiger partial charge in [-0.15, -0.1) is 0 Å². The van der Waals surface area contributed by atoms with Crippen LogP contribution >= 0.6 is 0 Å². The minimum Gasteiger partial charge on any atom is -0.493 e. The van der Waals surface area contributed by atoms with Gasteiger partial charge in [-0.05, 0) is 42.2 Å². The van der Waals surface area contributed by atoms with E-state index in [1.54, 1.807) is 7.11 Å². The molecule has 0 radical (unpaired) electrons. The van der Waals surface area contributed by atoms with E-state index in [1.165, 1.54) is 6.08 Å². The third kappa shape index (κ3) is 4.38. The van der Waals surface area contributed by atoms with E-state index >= 15 is 0 Å². The summed E-state index contributed by atoms with van der Waals surface area (Å²) in [6.07, 6.45) is 2.12. The third-order valence-electron chi connectivity index (χ3n) is 3.53. The van der Waals surface area contributed by atoms with Crippen molar-refractivity contribution in [2.75, 3.05) is 13.7 Å². The summed E-state index contributed by atoms with van der Waals surface area (Å²) in [4.78, 5) is 11.3. The van der Waals surface area contributed by atoms with Crippen LogP contribution in [-0.2, 0) is 4.79 Å². The molecule has 24 heavy (non-hydrogen) atoms. The number of benzene rings is 2. The monoisotopic (exact) mass is 326 g/mol. The van der Waals surface area contributed by atoms with Gasteiger partial charge in [0.1, 0.15) is 0 Å². The fraction of sp³-hybridized carbons (Fsp3) is 0.250. The van der Waals surface area contributed by atoms with Crippen LogP contribution in [0.25, 0.3) is 5.57 Å². The van der Waals surface area contributed by atoms with Gasteiger partial charge in [-0.25, -0.2) is 4.79 Å². The van der Waals surface area contributed by atoms with E-state index in [0.717, 1.165) is 23.1 Å². The molecule has 4 nitrogen and oxygen atoms in total. The van der Waals surface area contributed by atoms with Crippen LogP contribution in [-0.4, -0.2) is 24.8 Å². The second-order valence-electron chi connectivity index (χ2n) is 5.48. The average molecular weight is 326 g/mol. The van der Waals surface area contributed by atoms with Gasteiger partial charge in [0.25, 0.3) is 0 Å². The number of rotatable bonds is 7. The fourth-order valence-corrected chi connectivity index (χ4v) is 2.44. The standard InChI is InChI=1S/C20H22O4/c1-4-10-24-18-9-8-16(12-19(18)23-3)17(13-20(21)22)15-7-5-6-14(2)11-15/h5-9,11-13H,4,10H2,1-3H3,(H,21,22)/b17-13+. The lowest BCUT2D eigenvalue weighted by molar-refractivity contribution is -0.131. The summed E-state index contributed by atoms with van der Waals surface area (Å²) < 4.78 is 11.1. The van der Waals surface area contributed by atoms with Crippen LogP contribution in [0.3, 0.4) is 0 Å². The summed E-state index contributed by atoms with van der Waals surface area (Å²) in [5.74, 6) is 0.253. The molecule has 2 aromatic rings. The molecule has 0 aromatic heterocycles. The first-order valence-electron chi connectivity index (χ1n) is 7.88. The highest BCUT2D eigenvalue weighted by Crippen LogP contribution is 2.33. The van der Waals surface area contributed by atoms with Crippen LogP contribution in [0.15, 0.2) is 48.5 Å². The van der Waals surface area contributed by atoms with Crippen molar-refractivity contribution in [1.29, 1.82) is 0 Å². The van der Waals surface area contributed by atoms with Crippen molar-refractivity contribution >= 4 is 11.5 Å². The number of hydrogen-bond acceptors (Lipinski definition) is 3. The zero-order chi connectivity index (χ0) is 17.5. The molecule has 0 aliphatic heterocycles. The Kier molecular flexibility index (Phi) is 6.01. The van der Waals surface area contributed by atoms with Crippen LogP contribution in [0.5, 0.6) is 11.5 Å². The third-order valence-corrected chi connectivity index (χ3v) is 3.53. The van der Waals surface area contributed by atoms with Gasteiger partial charge in [-0.1, -0.05) is 42.8 Å². The molecule has 0 spiro atoms. The predicted molar refractivity (Wildman–Crippen MR) is 94.7 cm³/mol. The summed E-state index contributed by atoms with van der Waals surface area (Å²) in [6.45, 7) is 4.61. The molecule has 0 unspecified atom stereocenters. The van der Waals surface area contributed by atoms with Gasteiger partial charge >= 0.3 is 5.97 Å². The lowest BCUT2D eigenvalue weighted by Gasteiger charge is -2.14. The molecule has 0 aliphatic rings. The van der Waals surface area contributed by atoms with Gasteiger partial charge in [-0.3, -0.25) is 0 Å². The number of hydrogen-bond donors (Lipinski definition) is 1. The summed E-state index contributed by atoms with van der Waals surface area (Å²) >= 11 is 0. The average Bonchev–Trinajstić information content (AvgIpc) is 2.57. The number of ether oxygens (including phenoxy) is 2. The molecular weight excluding hydrogens is 304 g/mol. The van der Waals surface area contributed by atoms with Crippen molar-refractivity contribution < 1.29 is 19.4 Å². The second kappa shape index (κ2) is 8.20. The first-order chi connectivity index (χ1) is 11.5. The molecule has 0 saturated carbocycles. The number of carboxylic acid groups (broad SMARTS) is 1. The van der Waals surface area contributed by atoms with E-state index in [2.05, 4.69) is 0 Å². The highest BCUT2D eigenvalue weighted by atomic mass is 16.5. The van der Waals surface area contributed by atoms with Gasteiger partial charge in [0, 0.05) is 6.08 Å². The maximum Gasteiger partial charge on any atom is 0.328 e. The summed E-state index contributed by atoms with van der Waals surface area (Å²) in [5.41, 5.74) is 3.32. The Morgan fingerprint density at radius 3 is 2.50 bits per heavy atom. The minimum atomic E-state index is -0.989. The molecule has 0 aliphatic carbocycles. The van der Waals surface area contributed by atoms with Crippen molar-refractivity contribution in [3.63, 3.8) is 0 Å². The van der Waals surface area contributed by atoms with Crippen molar-refractivity contribution in [1.82, 2.24) is 0 Å². The molecular formula is C20H22O4. The van der Waals surface area contributed by atoms with Gasteiger partial charge in [0.2, 0.25) is 0 Å². The SMILES string of the molecule is CCCOc1ccc(/C(=C/C(=O)O)c2cccc(C)c2)cc1OC. The Morgan fingerprint density at radius 2 is 1.88 bits per heavy atom. The van der Waals surface area contributed by atoms with Gasteiger partial charge in [-0.2, -0.15) is 0 Å². The lowest BCUT2D eigenvalue weighted by Crippen LogP contribution is -2.00. The molecule has 2 aromatic carbocycles. The topological polar surface area (TPSA) is 55.8 Å². The zero-order valence-electron chi connectivity index (χ0n) is 14.2. The van der Waals surface area contributed by atoms with E-state index in [-0.39, 0.29) is 0 Å². The first-order valence-corrected chi connectivity index (χ1v) is 7.88. The molecule has 2 rings (SSSR count). The molecule has 0 atom stereocenters. The van der Waals surface area contributed by atoms with E-state index < -0.39 is 5.97 Å². The van der Waals surface area contributed by atoms with Crippen LogP contribution < -0.4 is 9.47 Å². The molecule has 0 amide bonds. The Bertz CT molecular complexity index is 747. The van der Waals surface area contributed by atoms with Crippen molar-refractivity contribution in [3.05, 3.63) is 65.2 Å². The van der Waals surface area contributed by atoms with Gasteiger partial charge < -0.3 is 14.6 Å². The molecule has 0 fully saturated rings. The Balaban J connectivity index is 2.49. The summed E-state index contributed by atoms with van der Waals surface area (Å²) in [7, 11) is 1.57. The maximum absolute atomic E-state index is 11.3. The number of methoxy groups -OCH3 is 1. The number of carboxylic acids is 1. The highest BCUT2D eigenvalue weighted by molar-refractivity contribution is 5.95. The zero-order valence-corrected chi connectivity index (χ0v) is 14.2. The second-order valence-corrected chi connectivity index (χ2v) is 5.48. The number of aliphatic carboxylic acids is 1. The quantitative estimate of drug-likeness (QED) is 0.770. The van der Waals surface area contributed by atoms with E-state index in [9.17, 15) is 9.90 Å². The molecule has 4 heteroatoms. The van der Waals surface area contributed by atoms with Crippen molar-refractivity contribution in [3.8, 4) is 11.5 Å². The molecule has 0 bridgehead atoms. The van der Waals surface area contributed by atoms with Crippen LogP contribution in [0.1, 0.15) is 30.0 Å². The number of carbonyl (C=O) groups is 1. The molecule has 126 valence electrons. The van der Waals surface area contributed by atoms with Gasteiger partial charge in [0.15, 0.2) is 11.5 Å². The van der Waals surface area contributed by atoms with E-state index in [1.807, 2.05) is 56.3 Å². The Hall–Kier alpha value is -2.75. The number of aryl methyl sites for hydroxylation is 1. The highest BCUT2D eigenvalue weighted by Gasteiger charge is 2.12. The summed E-state index contributed by atoms with van der Waals surface area (Å²) in [6, 6.07) is 13.2. The van der Waals surface area contributed by atoms with Gasteiger partial charge in [0.05, 0.1) is 13.7 Å². The predicted octanol–water partition coefficient (Wildman–Crippen LogP) is 4.31. The molecule has 1 N–H and O–H groups in total. The molecule has 0 heterocycles. The van der Waals surface area contributed by atoms with Crippen LogP contribution in [0, 0.1) is 6.92 Å². The lowest BCUT2D eigenvalue weighted by atomic mass is 9.96. The Morgan fingerprint density at radius 1 is 1.12 bits per heavy atom. The van der Waals surface area contributed by atoms with E-state index in [0.29, 0.717) is 23.7 Å². The fourth-order valence-electron chi connectivity index (χ4n) is 2.44. The maximum atomic E-state index is 11.3. The first kappa shape index (κ1) is 17.6. The normalized spacial score (nSPS) is 11.2. The summed E-state index contributed by atoms with van der Waals surface area (Å²) in [5, 5.41) is 9.24. The minimum absolute atomic E-state index is 0.588. The van der Waals surface area contributed by atoms with Crippen molar-refractivity contribution in [2.45, 2.75) is 20.3 Å². The Labute approximate surface area is 142 Å². The van der Waals surface area contributed by atoms with E-state index in [4.69, 9.17) is 9.47 Å².